The summed E-state index contributed by atoms with van der Waals surface area (Å²) in [6.07, 6.45) is -2.83. The van der Waals surface area contributed by atoms with Crippen LogP contribution in [-0.2, 0) is 13.3 Å². The van der Waals surface area contributed by atoms with Gasteiger partial charge in [-0.2, -0.15) is 0 Å². The fraction of sp³-hybridized carbons (Fsp3) is 1.00. The van der Waals surface area contributed by atoms with E-state index in [0.717, 1.165) is 0 Å². The number of hydrogen-bond acceptors (Lipinski definition) is 6. The molecule has 0 unspecified atom stereocenters. The second-order valence-electron chi connectivity index (χ2n) is 14.3. The summed E-state index contributed by atoms with van der Waals surface area (Å²) < 4.78 is 20.0. The van der Waals surface area contributed by atoms with Crippen LogP contribution in [0.25, 0.3) is 10.4 Å². The van der Waals surface area contributed by atoms with Crippen LogP contribution in [0.4, 0.5) is 0 Å². The Kier molecular flexibility index (Phi) is 12.0. The van der Waals surface area contributed by atoms with Gasteiger partial charge in [0.05, 0.1) is 24.9 Å². The Morgan fingerprint density at radius 2 is 1.11 bits per heavy atom. The SMILES string of the molecule is CC(C)(C)[Si](C)(C)OC[C@H](N=[N+]=[N-])[C@H](O[Si](C)(C)C(C)(C)C)[C@@H](O[Si](C)(C)C(C)(C)C)[C@H](O)CO. The first-order chi connectivity index (χ1) is 15.3. The molecule has 0 amide bonds. The van der Waals surface area contributed by atoms with Crippen molar-refractivity contribution in [3.8, 4) is 0 Å². The van der Waals surface area contributed by atoms with Gasteiger partial charge in [-0.3, -0.25) is 0 Å². The molecular weight excluding hydrogens is 495 g/mol. The van der Waals surface area contributed by atoms with Crippen molar-refractivity contribution in [2.75, 3.05) is 13.2 Å². The van der Waals surface area contributed by atoms with E-state index in [4.69, 9.17) is 13.3 Å². The van der Waals surface area contributed by atoms with E-state index in [1.165, 1.54) is 0 Å². The van der Waals surface area contributed by atoms with Gasteiger partial charge in [0.2, 0.25) is 0 Å². The molecule has 4 atom stereocenters. The molecule has 8 nitrogen and oxygen atoms in total. The molecule has 35 heavy (non-hydrogen) atoms. The van der Waals surface area contributed by atoms with Crippen LogP contribution in [0.5, 0.6) is 0 Å². The van der Waals surface area contributed by atoms with Crippen LogP contribution in [0.15, 0.2) is 5.11 Å². The predicted molar refractivity (Wildman–Crippen MR) is 153 cm³/mol. The Labute approximate surface area is 218 Å². The maximum absolute atomic E-state index is 11.0. The van der Waals surface area contributed by atoms with Crippen molar-refractivity contribution in [3.63, 3.8) is 0 Å². The van der Waals surface area contributed by atoms with Gasteiger partial charge >= 0.3 is 0 Å². The number of rotatable bonds is 12. The molecule has 2 N–H and O–H groups in total. The summed E-state index contributed by atoms with van der Waals surface area (Å²) in [6.45, 7) is 31.7. The third-order valence-electron chi connectivity index (χ3n) is 8.36. The molecule has 0 fully saturated rings. The van der Waals surface area contributed by atoms with Crippen molar-refractivity contribution in [2.45, 2.75) is 141 Å². The van der Waals surface area contributed by atoms with Crippen LogP contribution in [0.3, 0.4) is 0 Å². The summed E-state index contributed by atoms with van der Waals surface area (Å²) in [7, 11) is -6.95. The lowest BCUT2D eigenvalue weighted by Crippen LogP contribution is -2.59. The zero-order valence-corrected chi connectivity index (χ0v) is 28.2. The molecule has 0 rings (SSSR count). The van der Waals surface area contributed by atoms with Crippen molar-refractivity contribution < 1.29 is 23.5 Å². The first-order valence-electron chi connectivity index (χ1n) is 12.7. The van der Waals surface area contributed by atoms with Crippen LogP contribution >= 0.6 is 0 Å². The van der Waals surface area contributed by atoms with Gasteiger partial charge in [0.15, 0.2) is 25.0 Å². The minimum atomic E-state index is -2.40. The topological polar surface area (TPSA) is 117 Å². The number of aliphatic hydroxyl groups is 2. The molecule has 0 saturated carbocycles. The van der Waals surface area contributed by atoms with Gasteiger partial charge in [0.1, 0.15) is 6.10 Å². The molecule has 208 valence electrons. The first-order valence-corrected chi connectivity index (χ1v) is 21.4. The van der Waals surface area contributed by atoms with E-state index < -0.39 is 55.9 Å². The normalized spacial score (nSPS) is 18.0. The predicted octanol–water partition coefficient (Wildman–Crippen LogP) is 6.82. The van der Waals surface area contributed by atoms with E-state index in [0.29, 0.717) is 0 Å². The average molecular weight is 550 g/mol. The van der Waals surface area contributed by atoms with E-state index in [1.807, 2.05) is 0 Å². The molecule has 0 aromatic heterocycles. The smallest absolute Gasteiger partial charge is 0.192 e. The van der Waals surface area contributed by atoms with Gasteiger partial charge in [-0.15, -0.1) is 0 Å². The highest BCUT2D eigenvalue weighted by atomic mass is 28.4. The fourth-order valence-corrected chi connectivity index (χ4v) is 6.31. The van der Waals surface area contributed by atoms with E-state index in [9.17, 15) is 15.7 Å². The van der Waals surface area contributed by atoms with Crippen molar-refractivity contribution in [2.24, 2.45) is 5.11 Å². The number of hydrogen-bond donors (Lipinski definition) is 2. The summed E-state index contributed by atoms with van der Waals surface area (Å²) in [5, 5.41) is 24.9. The quantitative estimate of drug-likeness (QED) is 0.120. The number of aliphatic hydroxyl groups excluding tert-OH is 2. The molecular formula is C24H55N3O5Si3. The van der Waals surface area contributed by atoms with Crippen LogP contribution in [-0.4, -0.2) is 72.7 Å². The maximum Gasteiger partial charge on any atom is 0.192 e. The van der Waals surface area contributed by atoms with Gasteiger partial charge in [0, 0.05) is 11.5 Å². The van der Waals surface area contributed by atoms with E-state index in [-0.39, 0.29) is 21.7 Å². The molecule has 0 aliphatic heterocycles. The van der Waals surface area contributed by atoms with Gasteiger partial charge in [-0.25, -0.2) is 0 Å². The highest BCUT2D eigenvalue weighted by Crippen LogP contribution is 2.42. The third kappa shape index (κ3) is 9.54. The fourth-order valence-electron chi connectivity index (χ4n) is 2.64. The van der Waals surface area contributed by atoms with Crippen LogP contribution in [0.1, 0.15) is 62.3 Å². The maximum atomic E-state index is 11.0. The van der Waals surface area contributed by atoms with Crippen LogP contribution in [0, 0.1) is 0 Å². The monoisotopic (exact) mass is 549 g/mol. The van der Waals surface area contributed by atoms with Gasteiger partial charge in [0.25, 0.3) is 0 Å². The highest BCUT2D eigenvalue weighted by Gasteiger charge is 2.49. The molecule has 0 saturated heterocycles. The molecule has 0 radical (unpaired) electrons. The third-order valence-corrected chi connectivity index (χ3v) is 21.8. The van der Waals surface area contributed by atoms with E-state index in [2.05, 4.69) is 112 Å². The Morgan fingerprint density at radius 1 is 0.743 bits per heavy atom. The lowest BCUT2D eigenvalue weighted by molar-refractivity contribution is -0.0747. The molecule has 0 aromatic carbocycles. The molecule has 11 heteroatoms. The van der Waals surface area contributed by atoms with Crippen LogP contribution < -0.4 is 0 Å². The largest absolute Gasteiger partial charge is 0.416 e. The van der Waals surface area contributed by atoms with Crippen molar-refractivity contribution in [1.29, 1.82) is 0 Å². The van der Waals surface area contributed by atoms with E-state index in [1.54, 1.807) is 0 Å². The minimum Gasteiger partial charge on any atom is -0.416 e. The Bertz CT molecular complexity index is 721. The number of azide groups is 1. The molecule has 0 bridgehead atoms. The zero-order valence-electron chi connectivity index (χ0n) is 25.2. The minimum absolute atomic E-state index is 0.0225. The van der Waals surface area contributed by atoms with Gasteiger partial charge in [-0.1, -0.05) is 67.4 Å². The van der Waals surface area contributed by atoms with Crippen molar-refractivity contribution >= 4 is 25.0 Å². The summed E-state index contributed by atoms with van der Waals surface area (Å²) >= 11 is 0. The molecule has 0 aliphatic rings. The second-order valence-corrected chi connectivity index (χ2v) is 28.6. The summed E-state index contributed by atoms with van der Waals surface area (Å²) in [4.78, 5) is 3.13. The Morgan fingerprint density at radius 3 is 1.43 bits per heavy atom. The summed E-state index contributed by atoms with van der Waals surface area (Å²) in [6, 6.07) is -0.723. The average Bonchev–Trinajstić information content (AvgIpc) is 2.64. The highest BCUT2D eigenvalue weighted by molar-refractivity contribution is 6.75. The second kappa shape index (κ2) is 12.1. The Balaban J connectivity index is 6.69. The summed E-state index contributed by atoms with van der Waals surface area (Å²) in [5.74, 6) is 0. The number of nitrogens with zero attached hydrogens (tertiary/aromatic N) is 3. The molecule has 0 aliphatic carbocycles. The molecule has 0 spiro atoms. The lowest BCUT2D eigenvalue weighted by atomic mass is 10.0. The lowest BCUT2D eigenvalue weighted by Gasteiger charge is -2.47. The molecule has 0 aromatic rings. The zero-order chi connectivity index (χ0) is 28.3. The standard InChI is InChI=1S/C24H55N3O5Si3/c1-22(2,3)33(10,11)30-17-18(26-27-25)20(31-34(12,13)23(4,5)6)21(19(29)16-28)32-35(14,15)24(7,8)9/h18-21,28-29H,16-17H2,1-15H3/t18-,19+,20-,21-/m0/s1. The van der Waals surface area contributed by atoms with Crippen molar-refractivity contribution in [3.05, 3.63) is 10.4 Å². The van der Waals surface area contributed by atoms with Crippen LogP contribution in [0.2, 0.25) is 54.4 Å². The first kappa shape index (κ1) is 34.8. The summed E-state index contributed by atoms with van der Waals surface area (Å²) in [5.41, 5.74) is 9.50. The molecule has 0 heterocycles. The Hall–Kier alpha value is -0.239. The van der Waals surface area contributed by atoms with Crippen molar-refractivity contribution in [1.82, 2.24) is 0 Å². The van der Waals surface area contributed by atoms with Gasteiger partial charge < -0.3 is 23.5 Å². The van der Waals surface area contributed by atoms with Gasteiger partial charge in [-0.05, 0) is 59.9 Å². The van der Waals surface area contributed by atoms with E-state index >= 15 is 0 Å².